The van der Waals surface area contributed by atoms with Crippen molar-refractivity contribution in [3.05, 3.63) is 34.1 Å². The van der Waals surface area contributed by atoms with Gasteiger partial charge in [0.1, 0.15) is 12.4 Å². The fourth-order valence-corrected chi connectivity index (χ4v) is 1.99. The predicted molar refractivity (Wildman–Crippen MR) is 75.7 cm³/mol. The highest BCUT2D eigenvalue weighted by Crippen LogP contribution is 2.27. The predicted octanol–water partition coefficient (Wildman–Crippen LogP) is 2.24. The van der Waals surface area contributed by atoms with Crippen molar-refractivity contribution in [1.29, 1.82) is 0 Å². The summed E-state index contributed by atoms with van der Waals surface area (Å²) in [5, 5.41) is 11.7. The van der Waals surface area contributed by atoms with Gasteiger partial charge in [-0.3, -0.25) is 0 Å². The Balaban J connectivity index is 1.95. The van der Waals surface area contributed by atoms with Crippen LogP contribution in [0.25, 0.3) is 0 Å². The summed E-state index contributed by atoms with van der Waals surface area (Å²) in [5.74, 6) is -0.0542. The van der Waals surface area contributed by atoms with Crippen molar-refractivity contribution in [2.45, 2.75) is 13.5 Å². The second kappa shape index (κ2) is 7.24. The monoisotopic (exact) mass is 330 g/mol. The van der Waals surface area contributed by atoms with Gasteiger partial charge in [0.05, 0.1) is 18.2 Å². The number of esters is 1. The molecular formula is C12H12Cl2N4O3. The van der Waals surface area contributed by atoms with E-state index in [4.69, 9.17) is 32.7 Å². The molecule has 1 aromatic heterocycles. The van der Waals surface area contributed by atoms with E-state index in [2.05, 4.69) is 15.5 Å². The summed E-state index contributed by atoms with van der Waals surface area (Å²) in [6.45, 7) is 2.47. The zero-order valence-corrected chi connectivity index (χ0v) is 12.6. The maximum absolute atomic E-state index is 11.6. The zero-order chi connectivity index (χ0) is 15.2. The first kappa shape index (κ1) is 15.5. The molecule has 0 spiro atoms. The molecule has 0 saturated heterocycles. The van der Waals surface area contributed by atoms with Gasteiger partial charge < -0.3 is 9.47 Å². The van der Waals surface area contributed by atoms with Gasteiger partial charge >= 0.3 is 5.97 Å². The largest absolute Gasteiger partial charge is 0.490 e. The van der Waals surface area contributed by atoms with Crippen LogP contribution < -0.4 is 4.74 Å². The Kier molecular flexibility index (Phi) is 5.35. The van der Waals surface area contributed by atoms with Crippen LogP contribution in [0, 0.1) is 0 Å². The van der Waals surface area contributed by atoms with Crippen molar-refractivity contribution in [2.24, 2.45) is 0 Å². The summed E-state index contributed by atoms with van der Waals surface area (Å²) in [6, 6.07) is 4.92. The van der Waals surface area contributed by atoms with Gasteiger partial charge in [-0.05, 0) is 35.5 Å². The lowest BCUT2D eigenvalue weighted by Crippen LogP contribution is -2.18. The first-order valence-electron chi connectivity index (χ1n) is 6.13. The maximum atomic E-state index is 11.6. The van der Waals surface area contributed by atoms with Crippen molar-refractivity contribution in [3.63, 3.8) is 0 Å². The lowest BCUT2D eigenvalue weighted by atomic mass is 10.3. The fraction of sp³-hybridized carbons (Fsp3) is 0.333. The minimum atomic E-state index is -0.577. The Bertz CT molecular complexity index is 633. The minimum absolute atomic E-state index is 0.0302. The molecule has 1 aromatic carbocycles. The SMILES string of the molecule is CCOC(=O)c1nnnn1CCOc1ccc(Cl)cc1Cl. The highest BCUT2D eigenvalue weighted by Gasteiger charge is 2.16. The molecule has 9 heteroatoms. The molecule has 0 N–H and O–H groups in total. The standard InChI is InChI=1S/C12H12Cl2N4O3/c1-2-20-12(19)11-15-16-17-18(11)5-6-21-10-4-3-8(13)7-9(10)14/h3-4,7H,2,5-6H2,1H3. The van der Waals surface area contributed by atoms with Crippen LogP contribution in [0.5, 0.6) is 5.75 Å². The van der Waals surface area contributed by atoms with Crippen LogP contribution in [0.2, 0.25) is 10.0 Å². The fourth-order valence-electron chi connectivity index (χ4n) is 1.53. The van der Waals surface area contributed by atoms with E-state index in [1.165, 1.54) is 4.68 Å². The number of hydrogen-bond acceptors (Lipinski definition) is 6. The molecule has 1 heterocycles. The number of rotatable bonds is 6. The van der Waals surface area contributed by atoms with Crippen molar-refractivity contribution < 1.29 is 14.3 Å². The van der Waals surface area contributed by atoms with Crippen LogP contribution in [0.4, 0.5) is 0 Å². The van der Waals surface area contributed by atoms with E-state index >= 15 is 0 Å². The molecule has 112 valence electrons. The van der Waals surface area contributed by atoms with Crippen LogP contribution >= 0.6 is 23.2 Å². The molecule has 0 amide bonds. The van der Waals surface area contributed by atoms with E-state index in [1.807, 2.05) is 0 Å². The first-order valence-corrected chi connectivity index (χ1v) is 6.88. The molecule has 0 unspecified atom stereocenters. The molecule has 0 aliphatic rings. The lowest BCUT2D eigenvalue weighted by molar-refractivity contribution is 0.0503. The Hall–Kier alpha value is -1.86. The van der Waals surface area contributed by atoms with Gasteiger partial charge in [-0.15, -0.1) is 5.10 Å². The van der Waals surface area contributed by atoms with Crippen molar-refractivity contribution in [1.82, 2.24) is 20.2 Å². The number of carbonyl (C=O) groups excluding carboxylic acids is 1. The van der Waals surface area contributed by atoms with E-state index in [9.17, 15) is 4.79 Å². The van der Waals surface area contributed by atoms with Gasteiger partial charge in [0.25, 0.3) is 5.82 Å². The highest BCUT2D eigenvalue weighted by molar-refractivity contribution is 6.35. The molecule has 0 aliphatic carbocycles. The van der Waals surface area contributed by atoms with E-state index in [0.29, 0.717) is 15.8 Å². The van der Waals surface area contributed by atoms with E-state index in [1.54, 1.807) is 25.1 Å². The summed E-state index contributed by atoms with van der Waals surface area (Å²) >= 11 is 11.8. The summed E-state index contributed by atoms with van der Waals surface area (Å²) in [6.07, 6.45) is 0. The average Bonchev–Trinajstić information content (AvgIpc) is 2.90. The molecule has 0 aliphatic heterocycles. The van der Waals surface area contributed by atoms with E-state index in [-0.39, 0.29) is 25.6 Å². The van der Waals surface area contributed by atoms with E-state index < -0.39 is 5.97 Å². The quantitative estimate of drug-likeness (QED) is 0.755. The summed E-state index contributed by atoms with van der Waals surface area (Å²) in [4.78, 5) is 11.6. The molecule has 0 bridgehead atoms. The third-order valence-corrected chi connectivity index (χ3v) is 2.97. The third-order valence-electron chi connectivity index (χ3n) is 2.44. The number of tetrazole rings is 1. The average molecular weight is 331 g/mol. The molecular weight excluding hydrogens is 319 g/mol. The Labute approximate surface area is 130 Å². The number of benzene rings is 1. The minimum Gasteiger partial charge on any atom is -0.490 e. The molecule has 0 saturated carbocycles. The molecule has 2 rings (SSSR count). The van der Waals surface area contributed by atoms with Gasteiger partial charge in [-0.2, -0.15) is 0 Å². The number of halogens is 2. The van der Waals surface area contributed by atoms with Crippen molar-refractivity contribution >= 4 is 29.2 Å². The molecule has 0 radical (unpaired) electrons. The van der Waals surface area contributed by atoms with Crippen LogP contribution in [-0.2, 0) is 11.3 Å². The van der Waals surface area contributed by atoms with Gasteiger partial charge in [-0.25, -0.2) is 9.48 Å². The number of carbonyl (C=O) groups is 1. The molecule has 7 nitrogen and oxygen atoms in total. The third kappa shape index (κ3) is 4.05. The van der Waals surface area contributed by atoms with Gasteiger partial charge in [0.15, 0.2) is 0 Å². The van der Waals surface area contributed by atoms with Crippen molar-refractivity contribution in [3.8, 4) is 5.75 Å². The van der Waals surface area contributed by atoms with Crippen LogP contribution in [-0.4, -0.2) is 39.4 Å². The van der Waals surface area contributed by atoms with Gasteiger partial charge in [0.2, 0.25) is 0 Å². The summed E-state index contributed by atoms with van der Waals surface area (Å²) < 4.78 is 11.7. The maximum Gasteiger partial charge on any atom is 0.378 e. The lowest BCUT2D eigenvalue weighted by Gasteiger charge is -2.08. The number of ether oxygens (including phenoxy) is 2. The number of nitrogens with zero attached hydrogens (tertiary/aromatic N) is 4. The van der Waals surface area contributed by atoms with Crippen LogP contribution in [0.15, 0.2) is 18.2 Å². The van der Waals surface area contributed by atoms with Crippen LogP contribution in [0.3, 0.4) is 0 Å². The number of aromatic nitrogens is 4. The Morgan fingerprint density at radius 3 is 2.90 bits per heavy atom. The molecule has 21 heavy (non-hydrogen) atoms. The molecule has 2 aromatic rings. The first-order chi connectivity index (χ1) is 10.1. The Morgan fingerprint density at radius 1 is 1.38 bits per heavy atom. The van der Waals surface area contributed by atoms with E-state index in [0.717, 1.165) is 0 Å². The number of hydrogen-bond donors (Lipinski definition) is 0. The second-order valence-electron chi connectivity index (χ2n) is 3.87. The molecule has 0 fully saturated rings. The summed E-state index contributed by atoms with van der Waals surface area (Å²) in [7, 11) is 0. The smallest absolute Gasteiger partial charge is 0.378 e. The Morgan fingerprint density at radius 2 is 2.19 bits per heavy atom. The van der Waals surface area contributed by atoms with Crippen molar-refractivity contribution in [2.75, 3.05) is 13.2 Å². The molecule has 0 atom stereocenters. The van der Waals surface area contributed by atoms with Gasteiger partial charge in [-0.1, -0.05) is 23.2 Å². The topological polar surface area (TPSA) is 79.1 Å². The summed E-state index contributed by atoms with van der Waals surface area (Å²) in [5.41, 5.74) is 0. The zero-order valence-electron chi connectivity index (χ0n) is 11.1. The highest BCUT2D eigenvalue weighted by atomic mass is 35.5. The second-order valence-corrected chi connectivity index (χ2v) is 4.71. The van der Waals surface area contributed by atoms with Crippen LogP contribution in [0.1, 0.15) is 17.5 Å². The normalized spacial score (nSPS) is 10.4. The van der Waals surface area contributed by atoms with Gasteiger partial charge in [0, 0.05) is 5.02 Å².